The van der Waals surface area contributed by atoms with Crippen molar-refractivity contribution in [2.75, 3.05) is 0 Å². The van der Waals surface area contributed by atoms with Gasteiger partial charge in [0.1, 0.15) is 6.10 Å². The number of rotatable bonds is 0. The molecule has 2 aliphatic heterocycles. The van der Waals surface area contributed by atoms with E-state index in [-0.39, 0.29) is 18.0 Å². The van der Waals surface area contributed by atoms with Crippen LogP contribution in [0, 0.1) is 0 Å². The zero-order valence-electron chi connectivity index (χ0n) is 7.19. The molecule has 3 aliphatic rings. The van der Waals surface area contributed by atoms with Crippen LogP contribution in [0.1, 0.15) is 13.3 Å². The van der Waals surface area contributed by atoms with Crippen LogP contribution in [-0.2, 0) is 14.4 Å². The fourth-order valence-electron chi connectivity index (χ4n) is 1.98. The predicted octanol–water partition coefficient (Wildman–Crippen LogP) is 0.428. The Morgan fingerprint density at radius 1 is 1.69 bits per heavy atom. The molecular weight excluding hydrogens is 170 g/mol. The maximum Gasteiger partial charge on any atom is 0.190 e. The van der Waals surface area contributed by atoms with Crippen molar-refractivity contribution < 1.29 is 14.4 Å². The van der Waals surface area contributed by atoms with Crippen molar-refractivity contribution in [2.24, 2.45) is 5.16 Å². The summed E-state index contributed by atoms with van der Waals surface area (Å²) in [6.45, 7) is 1.91. The average molecular weight is 179 g/mol. The number of ether oxygens (including phenoxy) is 1. The summed E-state index contributed by atoms with van der Waals surface area (Å²) in [5.74, 6) is 0.0452. The van der Waals surface area contributed by atoms with E-state index in [0.29, 0.717) is 0 Å². The summed E-state index contributed by atoms with van der Waals surface area (Å²) in [6.07, 6.45) is 3.68. The summed E-state index contributed by atoms with van der Waals surface area (Å²) in [5.41, 5.74) is 0.482. The van der Waals surface area contributed by atoms with Crippen LogP contribution in [0.5, 0.6) is 0 Å². The van der Waals surface area contributed by atoms with Crippen molar-refractivity contribution in [2.45, 2.75) is 31.2 Å². The first-order valence-electron chi connectivity index (χ1n) is 4.31. The van der Waals surface area contributed by atoms with Crippen molar-refractivity contribution in [1.29, 1.82) is 0 Å². The third kappa shape index (κ3) is 0.836. The minimum absolute atomic E-state index is 0.0452. The highest BCUT2D eigenvalue weighted by Gasteiger charge is 2.62. The fraction of sp³-hybridized carbons (Fsp3) is 0.556. The molecule has 0 N–H and O–H groups in total. The lowest BCUT2D eigenvalue weighted by atomic mass is 9.87. The minimum Gasteiger partial charge on any atom is -0.382 e. The summed E-state index contributed by atoms with van der Waals surface area (Å²) in [7, 11) is 0. The van der Waals surface area contributed by atoms with Crippen molar-refractivity contribution >= 4 is 11.5 Å². The molecule has 0 bridgehead atoms. The summed E-state index contributed by atoms with van der Waals surface area (Å²) >= 11 is 0. The molecule has 3 atom stereocenters. The van der Waals surface area contributed by atoms with E-state index in [2.05, 4.69) is 5.16 Å². The number of nitrogens with zero attached hydrogens (tertiary/aromatic N) is 1. The fourth-order valence-corrected chi connectivity index (χ4v) is 1.98. The first-order valence-corrected chi connectivity index (χ1v) is 4.31. The smallest absolute Gasteiger partial charge is 0.190 e. The van der Waals surface area contributed by atoms with Gasteiger partial charge in [0, 0.05) is 6.42 Å². The van der Waals surface area contributed by atoms with Crippen molar-refractivity contribution in [1.82, 2.24) is 0 Å². The molecule has 3 rings (SSSR count). The van der Waals surface area contributed by atoms with Crippen LogP contribution in [0.2, 0.25) is 0 Å². The van der Waals surface area contributed by atoms with Crippen molar-refractivity contribution in [3.8, 4) is 0 Å². The van der Waals surface area contributed by atoms with Gasteiger partial charge in [0.25, 0.3) is 0 Å². The molecule has 1 fully saturated rings. The number of fused-ring (bicyclic) bond motifs is 2. The molecule has 0 aromatic rings. The second-order valence-electron chi connectivity index (χ2n) is 3.76. The van der Waals surface area contributed by atoms with E-state index < -0.39 is 5.60 Å². The highest BCUT2D eigenvalue weighted by Crippen LogP contribution is 2.44. The zero-order chi connectivity index (χ0) is 9.05. The molecule has 0 aromatic carbocycles. The van der Waals surface area contributed by atoms with Gasteiger partial charge in [-0.1, -0.05) is 5.16 Å². The Kier molecular flexibility index (Phi) is 1.12. The second-order valence-corrected chi connectivity index (χ2v) is 3.76. The first-order chi connectivity index (χ1) is 6.21. The van der Waals surface area contributed by atoms with E-state index in [1.807, 2.05) is 6.92 Å². The Morgan fingerprint density at radius 2 is 2.54 bits per heavy atom. The molecular formula is C9H9NO3. The van der Waals surface area contributed by atoms with Gasteiger partial charge >= 0.3 is 0 Å². The van der Waals surface area contributed by atoms with Crippen LogP contribution in [0.4, 0.5) is 0 Å². The van der Waals surface area contributed by atoms with Gasteiger partial charge < -0.3 is 9.57 Å². The molecule has 13 heavy (non-hydrogen) atoms. The van der Waals surface area contributed by atoms with E-state index in [4.69, 9.17) is 9.57 Å². The summed E-state index contributed by atoms with van der Waals surface area (Å²) < 4.78 is 5.27. The van der Waals surface area contributed by atoms with E-state index in [1.165, 1.54) is 0 Å². The van der Waals surface area contributed by atoms with Gasteiger partial charge in [0.15, 0.2) is 17.5 Å². The molecule has 1 aliphatic carbocycles. The Hall–Kier alpha value is -1.16. The lowest BCUT2D eigenvalue weighted by Gasteiger charge is -2.22. The number of ketones is 1. The highest BCUT2D eigenvalue weighted by atomic mass is 16.7. The Bertz CT molecular complexity index is 347. The van der Waals surface area contributed by atoms with E-state index in [0.717, 1.165) is 12.1 Å². The van der Waals surface area contributed by atoms with Crippen LogP contribution >= 0.6 is 0 Å². The third-order valence-corrected chi connectivity index (χ3v) is 2.69. The summed E-state index contributed by atoms with van der Waals surface area (Å²) in [5, 5.41) is 3.89. The zero-order valence-corrected chi connectivity index (χ0v) is 7.19. The molecule has 0 aromatic heterocycles. The molecule has 0 amide bonds. The van der Waals surface area contributed by atoms with Gasteiger partial charge in [0.2, 0.25) is 0 Å². The van der Waals surface area contributed by atoms with Crippen molar-refractivity contribution in [3.63, 3.8) is 0 Å². The third-order valence-electron chi connectivity index (χ3n) is 2.69. The van der Waals surface area contributed by atoms with Crippen LogP contribution in [0.25, 0.3) is 0 Å². The number of hydrogen-bond donors (Lipinski definition) is 0. The Balaban J connectivity index is 1.94. The van der Waals surface area contributed by atoms with Crippen LogP contribution in [0.15, 0.2) is 17.3 Å². The second kappa shape index (κ2) is 2.01. The van der Waals surface area contributed by atoms with Gasteiger partial charge in [-0.05, 0) is 19.1 Å². The molecule has 1 spiro atoms. The Morgan fingerprint density at radius 3 is 3.23 bits per heavy atom. The molecule has 2 heterocycles. The van der Waals surface area contributed by atoms with E-state index in [9.17, 15) is 4.79 Å². The molecule has 0 saturated carbocycles. The monoisotopic (exact) mass is 179 g/mol. The lowest BCUT2D eigenvalue weighted by molar-refractivity contribution is -0.116. The number of oxime groups is 1. The number of epoxide rings is 1. The van der Waals surface area contributed by atoms with Crippen LogP contribution < -0.4 is 0 Å². The van der Waals surface area contributed by atoms with Gasteiger partial charge in [-0.3, -0.25) is 4.79 Å². The molecule has 0 unspecified atom stereocenters. The summed E-state index contributed by atoms with van der Waals surface area (Å²) in [4.78, 5) is 16.5. The molecule has 68 valence electrons. The molecule has 1 saturated heterocycles. The molecule has 4 nitrogen and oxygen atoms in total. The van der Waals surface area contributed by atoms with Gasteiger partial charge in [-0.15, -0.1) is 0 Å². The normalized spacial score (nSPS) is 45.9. The predicted molar refractivity (Wildman–Crippen MR) is 44.4 cm³/mol. The van der Waals surface area contributed by atoms with Gasteiger partial charge in [-0.2, -0.15) is 0 Å². The molecule has 0 radical (unpaired) electrons. The standard InChI is InChI=1S/C9H9NO3/c1-5-4-9(13-10-5)3-2-6(11)7-8(9)12-7/h2-3,7-8H,4H2,1H3/t7-,8-,9-/m1/s1. The number of carbonyl (C=O) groups excluding carboxylic acids is 1. The Labute approximate surface area is 75.2 Å². The summed E-state index contributed by atoms with van der Waals surface area (Å²) in [6, 6.07) is 0. The quantitative estimate of drug-likeness (QED) is 0.506. The SMILES string of the molecule is CC1=NO[C@]2(C=CC(=O)[C@H]3O[C@H]32)C1. The maximum absolute atomic E-state index is 11.2. The van der Waals surface area contributed by atoms with Crippen LogP contribution in [0.3, 0.4) is 0 Å². The minimum atomic E-state index is -0.470. The maximum atomic E-state index is 11.2. The van der Waals surface area contributed by atoms with Gasteiger partial charge in [-0.25, -0.2) is 0 Å². The highest BCUT2D eigenvalue weighted by molar-refractivity contribution is 5.98. The lowest BCUT2D eigenvalue weighted by Crippen LogP contribution is -2.38. The van der Waals surface area contributed by atoms with E-state index in [1.54, 1.807) is 12.2 Å². The largest absolute Gasteiger partial charge is 0.382 e. The number of hydrogen-bond acceptors (Lipinski definition) is 4. The number of carbonyl (C=O) groups is 1. The van der Waals surface area contributed by atoms with Crippen LogP contribution in [-0.4, -0.2) is 29.3 Å². The van der Waals surface area contributed by atoms with Crippen molar-refractivity contribution in [3.05, 3.63) is 12.2 Å². The van der Waals surface area contributed by atoms with E-state index >= 15 is 0 Å². The van der Waals surface area contributed by atoms with Gasteiger partial charge in [0.05, 0.1) is 5.71 Å². The molecule has 4 heteroatoms. The topological polar surface area (TPSA) is 51.2 Å². The average Bonchev–Trinajstić information content (AvgIpc) is 2.83. The first kappa shape index (κ1) is 7.26.